The first kappa shape index (κ1) is 11.7. The molecular weight excluding hydrogens is 174 g/mol. The maximum absolute atomic E-state index is 12.0. The molecule has 1 aliphatic rings. The van der Waals surface area contributed by atoms with E-state index in [2.05, 4.69) is 0 Å². The Bertz CT molecular complexity index is 197. The minimum absolute atomic E-state index is 0.166. The Morgan fingerprint density at radius 2 is 1.71 bits per heavy atom. The summed E-state index contributed by atoms with van der Waals surface area (Å²) in [7, 11) is 0. The number of Topliss-reactive ketones (excluding diaryl/α,β-unsaturated/α-hetero) is 1. The van der Waals surface area contributed by atoms with Crippen LogP contribution in [0.4, 0.5) is 0 Å². The highest BCUT2D eigenvalue weighted by Gasteiger charge is 2.32. The third-order valence-electron chi connectivity index (χ3n) is 3.29. The molecule has 2 nitrogen and oxygen atoms in total. The van der Waals surface area contributed by atoms with Gasteiger partial charge in [0.05, 0.1) is 0 Å². The second kappa shape index (κ2) is 4.43. The van der Waals surface area contributed by atoms with Gasteiger partial charge in [-0.05, 0) is 38.1 Å². The van der Waals surface area contributed by atoms with Crippen molar-refractivity contribution in [2.45, 2.75) is 46.5 Å². The van der Waals surface area contributed by atoms with Gasteiger partial charge in [-0.25, -0.2) is 0 Å². The smallest absolute Gasteiger partial charge is 0.141 e. The molecule has 0 radical (unpaired) electrons. The van der Waals surface area contributed by atoms with Crippen LogP contribution < -0.4 is 5.73 Å². The Balaban J connectivity index is 2.46. The topological polar surface area (TPSA) is 43.1 Å². The standard InChI is InChI=1S/C12H23NO/c1-12(2,3)11(14)10-6-4-9(8-13)5-7-10/h9-10H,4-8,13H2,1-3H3. The molecule has 82 valence electrons. The van der Waals surface area contributed by atoms with Crippen LogP contribution in [0.3, 0.4) is 0 Å². The van der Waals surface area contributed by atoms with Gasteiger partial charge in [0.15, 0.2) is 0 Å². The number of nitrogens with two attached hydrogens (primary N) is 1. The lowest BCUT2D eigenvalue weighted by molar-refractivity contribution is -0.131. The molecule has 1 rings (SSSR count). The quantitative estimate of drug-likeness (QED) is 0.738. The summed E-state index contributed by atoms with van der Waals surface area (Å²) >= 11 is 0. The Kier molecular flexibility index (Phi) is 3.71. The molecule has 1 aliphatic carbocycles. The highest BCUT2D eigenvalue weighted by molar-refractivity contribution is 5.85. The van der Waals surface area contributed by atoms with Crippen molar-refractivity contribution in [3.63, 3.8) is 0 Å². The van der Waals surface area contributed by atoms with E-state index in [9.17, 15) is 4.79 Å². The summed E-state index contributed by atoms with van der Waals surface area (Å²) in [4.78, 5) is 12.0. The molecule has 14 heavy (non-hydrogen) atoms. The minimum Gasteiger partial charge on any atom is -0.330 e. The molecule has 0 aromatic rings. The van der Waals surface area contributed by atoms with E-state index in [1.807, 2.05) is 20.8 Å². The largest absolute Gasteiger partial charge is 0.330 e. The van der Waals surface area contributed by atoms with Crippen LogP contribution in [0.1, 0.15) is 46.5 Å². The molecular formula is C12H23NO. The van der Waals surface area contributed by atoms with Crippen LogP contribution in [0.2, 0.25) is 0 Å². The number of carbonyl (C=O) groups is 1. The van der Waals surface area contributed by atoms with Gasteiger partial charge in [0.2, 0.25) is 0 Å². The van der Waals surface area contributed by atoms with Crippen molar-refractivity contribution in [3.05, 3.63) is 0 Å². The van der Waals surface area contributed by atoms with Crippen molar-refractivity contribution in [1.82, 2.24) is 0 Å². The summed E-state index contributed by atoms with van der Waals surface area (Å²) in [5, 5.41) is 0. The predicted molar refractivity (Wildman–Crippen MR) is 59.0 cm³/mol. The van der Waals surface area contributed by atoms with Crippen LogP contribution in [0.25, 0.3) is 0 Å². The molecule has 0 atom stereocenters. The maximum Gasteiger partial charge on any atom is 0.141 e. The summed E-state index contributed by atoms with van der Waals surface area (Å²) in [6, 6.07) is 0. The summed E-state index contributed by atoms with van der Waals surface area (Å²) < 4.78 is 0. The number of hydrogen-bond donors (Lipinski definition) is 1. The molecule has 0 spiro atoms. The van der Waals surface area contributed by atoms with Gasteiger partial charge in [0, 0.05) is 11.3 Å². The van der Waals surface area contributed by atoms with E-state index in [1.54, 1.807) is 0 Å². The first-order valence-corrected chi connectivity index (χ1v) is 5.69. The Morgan fingerprint density at radius 3 is 2.07 bits per heavy atom. The van der Waals surface area contributed by atoms with E-state index in [-0.39, 0.29) is 5.41 Å². The first-order valence-electron chi connectivity index (χ1n) is 5.69. The first-order chi connectivity index (χ1) is 6.45. The van der Waals surface area contributed by atoms with Gasteiger partial charge in [-0.15, -0.1) is 0 Å². The molecule has 0 amide bonds. The summed E-state index contributed by atoms with van der Waals surface area (Å²) in [5.74, 6) is 1.41. The number of hydrogen-bond acceptors (Lipinski definition) is 2. The van der Waals surface area contributed by atoms with Crippen molar-refractivity contribution in [3.8, 4) is 0 Å². The third-order valence-corrected chi connectivity index (χ3v) is 3.29. The number of carbonyl (C=O) groups excluding carboxylic acids is 1. The van der Waals surface area contributed by atoms with Crippen LogP contribution in [0.5, 0.6) is 0 Å². The van der Waals surface area contributed by atoms with Crippen molar-refractivity contribution in [2.75, 3.05) is 6.54 Å². The summed E-state index contributed by atoms with van der Waals surface area (Å²) in [6.45, 7) is 6.84. The van der Waals surface area contributed by atoms with Crippen molar-refractivity contribution in [2.24, 2.45) is 23.0 Å². The average Bonchev–Trinajstić information content (AvgIpc) is 2.15. The Hall–Kier alpha value is -0.370. The lowest BCUT2D eigenvalue weighted by Gasteiger charge is -2.30. The molecule has 0 unspecified atom stereocenters. The maximum atomic E-state index is 12.0. The summed E-state index contributed by atoms with van der Waals surface area (Å²) in [6.07, 6.45) is 4.39. The number of ketones is 1. The van der Waals surface area contributed by atoms with Gasteiger partial charge >= 0.3 is 0 Å². The average molecular weight is 197 g/mol. The lowest BCUT2D eigenvalue weighted by Crippen LogP contribution is -2.32. The molecule has 0 heterocycles. The highest BCUT2D eigenvalue weighted by Crippen LogP contribution is 2.33. The van der Waals surface area contributed by atoms with Gasteiger partial charge < -0.3 is 5.73 Å². The minimum atomic E-state index is -0.166. The Morgan fingerprint density at radius 1 is 1.21 bits per heavy atom. The van der Waals surface area contributed by atoms with Crippen LogP contribution in [-0.4, -0.2) is 12.3 Å². The zero-order chi connectivity index (χ0) is 10.8. The molecule has 2 N–H and O–H groups in total. The molecule has 1 fully saturated rings. The zero-order valence-corrected chi connectivity index (χ0v) is 9.68. The Labute approximate surface area is 87.2 Å². The van der Waals surface area contributed by atoms with Crippen molar-refractivity contribution in [1.29, 1.82) is 0 Å². The second-order valence-corrected chi connectivity index (χ2v) is 5.57. The van der Waals surface area contributed by atoms with Crippen LogP contribution in [0, 0.1) is 17.3 Å². The monoisotopic (exact) mass is 197 g/mol. The van der Waals surface area contributed by atoms with E-state index in [0.717, 1.165) is 32.2 Å². The van der Waals surface area contributed by atoms with E-state index in [1.165, 1.54) is 0 Å². The SMILES string of the molecule is CC(C)(C)C(=O)C1CCC(CN)CC1. The van der Waals surface area contributed by atoms with E-state index >= 15 is 0 Å². The van der Waals surface area contributed by atoms with Gasteiger partial charge in [0.25, 0.3) is 0 Å². The summed E-state index contributed by atoms with van der Waals surface area (Å²) in [5.41, 5.74) is 5.46. The normalized spacial score (nSPS) is 28.9. The fourth-order valence-corrected chi connectivity index (χ4v) is 2.27. The fraction of sp³-hybridized carbons (Fsp3) is 0.917. The second-order valence-electron chi connectivity index (χ2n) is 5.57. The molecule has 1 saturated carbocycles. The highest BCUT2D eigenvalue weighted by atomic mass is 16.1. The van der Waals surface area contributed by atoms with Crippen molar-refractivity contribution < 1.29 is 4.79 Å². The van der Waals surface area contributed by atoms with Crippen molar-refractivity contribution >= 4 is 5.78 Å². The van der Waals surface area contributed by atoms with Gasteiger partial charge in [0.1, 0.15) is 5.78 Å². The van der Waals surface area contributed by atoms with Crippen LogP contribution in [0.15, 0.2) is 0 Å². The molecule has 0 aromatic heterocycles. The third kappa shape index (κ3) is 2.81. The van der Waals surface area contributed by atoms with Gasteiger partial charge in [-0.2, -0.15) is 0 Å². The predicted octanol–water partition coefficient (Wildman–Crippen LogP) is 2.37. The van der Waals surface area contributed by atoms with E-state index < -0.39 is 0 Å². The molecule has 0 saturated heterocycles. The fourth-order valence-electron chi connectivity index (χ4n) is 2.27. The molecule has 2 heteroatoms. The van der Waals surface area contributed by atoms with Gasteiger partial charge in [-0.1, -0.05) is 20.8 Å². The van der Waals surface area contributed by atoms with Gasteiger partial charge in [-0.3, -0.25) is 4.79 Å². The van der Waals surface area contributed by atoms with Crippen LogP contribution in [-0.2, 0) is 4.79 Å². The van der Waals surface area contributed by atoms with Crippen LogP contribution >= 0.6 is 0 Å². The lowest BCUT2D eigenvalue weighted by atomic mass is 9.73. The number of rotatable bonds is 2. The van der Waals surface area contributed by atoms with E-state index in [4.69, 9.17) is 5.73 Å². The van der Waals surface area contributed by atoms with E-state index in [0.29, 0.717) is 17.6 Å². The molecule has 0 bridgehead atoms. The molecule has 0 aromatic carbocycles. The zero-order valence-electron chi connectivity index (χ0n) is 9.68. The molecule has 0 aliphatic heterocycles.